The molecule has 2 fully saturated rings. The molecule has 0 N–H and O–H groups in total. The smallest absolute Gasteiger partial charge is 0.319 e. The Balaban J connectivity index is 1.68. The van der Waals surface area contributed by atoms with Gasteiger partial charge in [0.15, 0.2) is 5.82 Å². The molecular formula is C13H20N4O3. The number of aryl methyl sites for hydroxylation is 1. The first-order valence-electron chi connectivity index (χ1n) is 7.00. The van der Waals surface area contributed by atoms with Crippen LogP contribution in [0.5, 0.6) is 0 Å². The van der Waals surface area contributed by atoms with E-state index in [1.807, 2.05) is 4.90 Å². The fraction of sp³-hybridized carbons (Fsp3) is 0.769. The lowest BCUT2D eigenvalue weighted by atomic mass is 9.99. The number of hydrogen-bond donors (Lipinski definition) is 0. The van der Waals surface area contributed by atoms with Crippen LogP contribution in [0.1, 0.15) is 37.1 Å². The third-order valence-corrected chi connectivity index (χ3v) is 3.99. The monoisotopic (exact) mass is 280 g/mol. The van der Waals surface area contributed by atoms with Gasteiger partial charge in [0.2, 0.25) is 0 Å². The van der Waals surface area contributed by atoms with Gasteiger partial charge in [-0.25, -0.2) is 4.79 Å². The van der Waals surface area contributed by atoms with E-state index in [1.54, 1.807) is 25.9 Å². The summed E-state index contributed by atoms with van der Waals surface area (Å²) in [6.45, 7) is 2.55. The van der Waals surface area contributed by atoms with Crippen LogP contribution in [0.2, 0.25) is 0 Å². The molecule has 1 aromatic rings. The van der Waals surface area contributed by atoms with E-state index in [1.165, 1.54) is 0 Å². The van der Waals surface area contributed by atoms with Crippen molar-refractivity contribution in [1.82, 2.24) is 19.9 Å². The predicted octanol–water partition coefficient (Wildman–Crippen LogP) is 1.35. The van der Waals surface area contributed by atoms with E-state index in [2.05, 4.69) is 10.1 Å². The molecule has 0 saturated carbocycles. The maximum atomic E-state index is 12.1. The van der Waals surface area contributed by atoms with Crippen molar-refractivity contribution in [2.24, 2.45) is 0 Å². The first-order valence-corrected chi connectivity index (χ1v) is 7.00. The van der Waals surface area contributed by atoms with Crippen molar-refractivity contribution in [1.29, 1.82) is 0 Å². The Hall–Kier alpha value is -1.63. The molecule has 0 aromatic carbocycles. The largest absolute Gasteiger partial charge is 0.363 e. The molecule has 0 spiro atoms. The molecule has 0 bridgehead atoms. The molecule has 2 aliphatic rings. The van der Waals surface area contributed by atoms with Gasteiger partial charge in [-0.1, -0.05) is 5.16 Å². The van der Waals surface area contributed by atoms with E-state index in [0.717, 1.165) is 25.8 Å². The second-order valence-electron chi connectivity index (χ2n) is 5.65. The van der Waals surface area contributed by atoms with Crippen molar-refractivity contribution in [2.45, 2.75) is 44.4 Å². The summed E-state index contributed by atoms with van der Waals surface area (Å²) in [4.78, 5) is 19.9. The zero-order valence-corrected chi connectivity index (χ0v) is 12.1. The van der Waals surface area contributed by atoms with Crippen LogP contribution in [0.4, 0.5) is 4.79 Å². The zero-order chi connectivity index (χ0) is 14.3. The third kappa shape index (κ3) is 2.26. The molecule has 0 unspecified atom stereocenters. The van der Waals surface area contributed by atoms with Gasteiger partial charge in [-0.2, -0.15) is 4.98 Å². The molecule has 0 aliphatic carbocycles. The summed E-state index contributed by atoms with van der Waals surface area (Å²) in [6.07, 6.45) is 2.53. The highest BCUT2D eigenvalue weighted by Gasteiger charge is 2.43. The Morgan fingerprint density at radius 3 is 2.80 bits per heavy atom. The summed E-state index contributed by atoms with van der Waals surface area (Å²) in [7, 11) is 3.56. The van der Waals surface area contributed by atoms with E-state index < -0.39 is 0 Å². The number of urea groups is 1. The number of nitrogens with zero attached hydrogens (tertiary/aromatic N) is 4. The molecule has 2 saturated heterocycles. The van der Waals surface area contributed by atoms with Gasteiger partial charge in [0.05, 0.1) is 12.1 Å². The third-order valence-electron chi connectivity index (χ3n) is 3.99. The minimum Gasteiger partial charge on any atom is -0.363 e. The molecule has 3 atom stereocenters. The molecule has 2 aliphatic heterocycles. The van der Waals surface area contributed by atoms with Crippen LogP contribution in [0, 0.1) is 6.92 Å². The van der Waals surface area contributed by atoms with Crippen molar-refractivity contribution in [3.63, 3.8) is 0 Å². The fourth-order valence-corrected chi connectivity index (χ4v) is 3.05. The van der Waals surface area contributed by atoms with Gasteiger partial charge in [0.25, 0.3) is 5.89 Å². The van der Waals surface area contributed by atoms with E-state index in [-0.39, 0.29) is 24.3 Å². The zero-order valence-electron chi connectivity index (χ0n) is 12.1. The molecule has 7 nitrogen and oxygen atoms in total. The lowest BCUT2D eigenvalue weighted by Gasteiger charge is -2.35. The summed E-state index contributed by atoms with van der Waals surface area (Å²) in [5.74, 6) is 1.18. The van der Waals surface area contributed by atoms with Crippen molar-refractivity contribution in [3.05, 3.63) is 11.7 Å². The van der Waals surface area contributed by atoms with Crippen molar-refractivity contribution < 1.29 is 14.1 Å². The first kappa shape index (κ1) is 13.4. The van der Waals surface area contributed by atoms with Crippen LogP contribution in [0.25, 0.3) is 0 Å². The van der Waals surface area contributed by atoms with Gasteiger partial charge in [0.1, 0.15) is 6.10 Å². The summed E-state index contributed by atoms with van der Waals surface area (Å²) in [6, 6.07) is 0.235. The number of ether oxygens (including phenoxy) is 1. The fourth-order valence-electron chi connectivity index (χ4n) is 3.05. The number of fused-ring (bicyclic) bond motifs is 1. The lowest BCUT2D eigenvalue weighted by molar-refractivity contribution is -0.0788. The molecule has 2 amide bonds. The average Bonchev–Trinajstić information content (AvgIpc) is 3.03. The second-order valence-corrected chi connectivity index (χ2v) is 5.65. The van der Waals surface area contributed by atoms with Gasteiger partial charge in [-0.3, -0.25) is 0 Å². The Bertz CT molecular complexity index is 502. The molecule has 3 heterocycles. The van der Waals surface area contributed by atoms with Gasteiger partial charge in [0, 0.05) is 20.6 Å². The van der Waals surface area contributed by atoms with E-state index in [9.17, 15) is 4.79 Å². The topological polar surface area (TPSA) is 71.7 Å². The van der Waals surface area contributed by atoms with E-state index in [4.69, 9.17) is 9.26 Å². The maximum absolute atomic E-state index is 12.1. The number of carbonyl (C=O) groups excluding carboxylic acids is 1. The normalized spacial score (nSPS) is 29.4. The molecule has 7 heteroatoms. The summed E-state index contributed by atoms with van der Waals surface area (Å²) >= 11 is 0. The molecule has 3 rings (SSSR count). The molecule has 1 aromatic heterocycles. The number of carbonyl (C=O) groups is 1. The van der Waals surface area contributed by atoms with Gasteiger partial charge in [-0.15, -0.1) is 0 Å². The van der Waals surface area contributed by atoms with Gasteiger partial charge >= 0.3 is 6.03 Å². The van der Waals surface area contributed by atoms with Crippen LogP contribution in [0.3, 0.4) is 0 Å². The van der Waals surface area contributed by atoms with Gasteiger partial charge < -0.3 is 19.1 Å². The predicted molar refractivity (Wildman–Crippen MR) is 70.1 cm³/mol. The standard InChI is InChI=1S/C13H20N4O3/c1-8-14-12(20-15-8)11-5-4-9-10(19-11)6-7-17(9)13(18)16(2)3/h9-11H,4-7H2,1-3H3/t9-,10-,11+/m1/s1. The molecule has 20 heavy (non-hydrogen) atoms. The highest BCUT2D eigenvalue weighted by Crippen LogP contribution is 2.37. The maximum Gasteiger partial charge on any atom is 0.319 e. The summed E-state index contributed by atoms with van der Waals surface area (Å²) < 4.78 is 11.3. The van der Waals surface area contributed by atoms with Crippen molar-refractivity contribution in [3.8, 4) is 0 Å². The van der Waals surface area contributed by atoms with Crippen molar-refractivity contribution in [2.75, 3.05) is 20.6 Å². The van der Waals surface area contributed by atoms with Crippen LogP contribution in [0.15, 0.2) is 4.52 Å². The quantitative estimate of drug-likeness (QED) is 0.776. The van der Waals surface area contributed by atoms with Crippen LogP contribution in [-0.2, 0) is 4.74 Å². The molecule has 110 valence electrons. The average molecular weight is 280 g/mol. The number of hydrogen-bond acceptors (Lipinski definition) is 5. The SMILES string of the molecule is Cc1noc([C@@H]2CC[C@@H]3[C@@H](CCN3C(=O)N(C)C)O2)n1. The first-order chi connectivity index (χ1) is 9.56. The summed E-state index contributed by atoms with van der Waals surface area (Å²) in [5.41, 5.74) is 0. The number of amides is 2. The molecule has 0 radical (unpaired) electrons. The van der Waals surface area contributed by atoms with Crippen LogP contribution >= 0.6 is 0 Å². The van der Waals surface area contributed by atoms with Crippen LogP contribution in [-0.4, -0.2) is 58.8 Å². The number of aromatic nitrogens is 2. The lowest BCUT2D eigenvalue weighted by Crippen LogP contribution is -2.47. The minimum atomic E-state index is -0.133. The Kier molecular flexibility index (Phi) is 3.37. The van der Waals surface area contributed by atoms with Crippen LogP contribution < -0.4 is 0 Å². The Morgan fingerprint density at radius 2 is 2.15 bits per heavy atom. The van der Waals surface area contributed by atoms with E-state index >= 15 is 0 Å². The van der Waals surface area contributed by atoms with Crippen molar-refractivity contribution >= 4 is 6.03 Å². The number of rotatable bonds is 1. The Labute approximate surface area is 117 Å². The Morgan fingerprint density at radius 1 is 1.35 bits per heavy atom. The second kappa shape index (κ2) is 5.05. The summed E-state index contributed by atoms with van der Waals surface area (Å²) in [5, 5.41) is 3.81. The number of likely N-dealkylation sites (tertiary alicyclic amines) is 1. The highest BCUT2D eigenvalue weighted by atomic mass is 16.5. The minimum absolute atomic E-state index is 0.0631. The van der Waals surface area contributed by atoms with E-state index in [0.29, 0.717) is 11.7 Å². The highest BCUT2D eigenvalue weighted by molar-refractivity contribution is 5.74. The van der Waals surface area contributed by atoms with Gasteiger partial charge in [-0.05, 0) is 26.2 Å². The molecular weight excluding hydrogens is 260 g/mol.